The first kappa shape index (κ1) is 16.5. The SMILES string of the molecule is CC(C(=O)O)c1ccc(COCCCC(F)(F)F)cc1. The monoisotopic (exact) mass is 290 g/mol. The van der Waals surface area contributed by atoms with Gasteiger partial charge in [-0.2, -0.15) is 13.2 Å². The van der Waals surface area contributed by atoms with Crippen molar-refractivity contribution in [2.75, 3.05) is 6.61 Å². The summed E-state index contributed by atoms with van der Waals surface area (Å²) in [5.74, 6) is -1.49. The van der Waals surface area contributed by atoms with Gasteiger partial charge in [0.1, 0.15) is 0 Å². The topological polar surface area (TPSA) is 46.5 Å². The zero-order valence-corrected chi connectivity index (χ0v) is 11.1. The molecule has 6 heteroatoms. The summed E-state index contributed by atoms with van der Waals surface area (Å²) in [7, 11) is 0. The van der Waals surface area contributed by atoms with Crippen molar-refractivity contribution >= 4 is 5.97 Å². The van der Waals surface area contributed by atoms with Crippen molar-refractivity contribution in [2.24, 2.45) is 0 Å². The minimum atomic E-state index is -4.14. The lowest BCUT2D eigenvalue weighted by atomic mass is 10.0. The van der Waals surface area contributed by atoms with Crippen LogP contribution in [-0.4, -0.2) is 23.9 Å². The highest BCUT2D eigenvalue weighted by Gasteiger charge is 2.25. The van der Waals surface area contributed by atoms with Crippen molar-refractivity contribution in [3.8, 4) is 0 Å². The number of rotatable bonds is 7. The average Bonchev–Trinajstić information content (AvgIpc) is 2.37. The highest BCUT2D eigenvalue weighted by Crippen LogP contribution is 2.21. The van der Waals surface area contributed by atoms with Gasteiger partial charge in [-0.1, -0.05) is 24.3 Å². The third-order valence-corrected chi connectivity index (χ3v) is 2.87. The predicted molar refractivity (Wildman–Crippen MR) is 67.4 cm³/mol. The largest absolute Gasteiger partial charge is 0.481 e. The van der Waals surface area contributed by atoms with Gasteiger partial charge in [-0.05, 0) is 24.5 Å². The van der Waals surface area contributed by atoms with Crippen LogP contribution in [0.1, 0.15) is 36.8 Å². The van der Waals surface area contributed by atoms with Gasteiger partial charge < -0.3 is 9.84 Å². The number of carboxylic acids is 1. The lowest BCUT2D eigenvalue weighted by molar-refractivity contribution is -0.139. The molecule has 0 aliphatic heterocycles. The smallest absolute Gasteiger partial charge is 0.389 e. The summed E-state index contributed by atoms with van der Waals surface area (Å²) in [5.41, 5.74) is 1.48. The fourth-order valence-corrected chi connectivity index (χ4v) is 1.61. The van der Waals surface area contributed by atoms with Gasteiger partial charge in [0.15, 0.2) is 0 Å². The lowest BCUT2D eigenvalue weighted by Gasteiger charge is -2.09. The average molecular weight is 290 g/mol. The Balaban J connectivity index is 2.34. The number of hydrogen-bond donors (Lipinski definition) is 1. The molecule has 0 radical (unpaired) electrons. The van der Waals surface area contributed by atoms with Crippen LogP contribution < -0.4 is 0 Å². The minimum absolute atomic E-state index is 0.0484. The van der Waals surface area contributed by atoms with Crippen LogP contribution in [-0.2, 0) is 16.1 Å². The second-order valence-electron chi connectivity index (χ2n) is 4.57. The maximum absolute atomic E-state index is 11.9. The predicted octanol–water partition coefficient (Wildman–Crippen LogP) is 3.73. The summed E-state index contributed by atoms with van der Waals surface area (Å²) in [6.45, 7) is 1.86. The van der Waals surface area contributed by atoms with E-state index in [1.807, 2.05) is 0 Å². The lowest BCUT2D eigenvalue weighted by Crippen LogP contribution is -2.09. The molecule has 0 aliphatic carbocycles. The molecule has 0 saturated carbocycles. The highest BCUT2D eigenvalue weighted by atomic mass is 19.4. The van der Waals surface area contributed by atoms with E-state index in [-0.39, 0.29) is 19.6 Å². The van der Waals surface area contributed by atoms with E-state index in [1.54, 1.807) is 31.2 Å². The number of carboxylic acid groups (broad SMARTS) is 1. The summed E-state index contributed by atoms with van der Waals surface area (Å²) in [4.78, 5) is 10.8. The molecule has 0 spiro atoms. The van der Waals surface area contributed by atoms with E-state index in [0.717, 1.165) is 5.56 Å². The molecule has 1 N–H and O–H groups in total. The highest BCUT2D eigenvalue weighted by molar-refractivity contribution is 5.75. The second-order valence-corrected chi connectivity index (χ2v) is 4.57. The number of alkyl halides is 3. The van der Waals surface area contributed by atoms with Gasteiger partial charge in [0.25, 0.3) is 0 Å². The summed E-state index contributed by atoms with van der Waals surface area (Å²) in [5, 5.41) is 8.85. The van der Waals surface area contributed by atoms with Gasteiger partial charge >= 0.3 is 12.1 Å². The van der Waals surface area contributed by atoms with Crippen LogP contribution in [0.4, 0.5) is 13.2 Å². The molecule has 0 saturated heterocycles. The fourth-order valence-electron chi connectivity index (χ4n) is 1.61. The Morgan fingerprint density at radius 1 is 1.30 bits per heavy atom. The van der Waals surface area contributed by atoms with Crippen LogP contribution in [0.25, 0.3) is 0 Å². The Hall–Kier alpha value is -1.56. The van der Waals surface area contributed by atoms with E-state index in [1.165, 1.54) is 0 Å². The molecule has 0 heterocycles. The van der Waals surface area contributed by atoms with Crippen molar-refractivity contribution in [3.63, 3.8) is 0 Å². The van der Waals surface area contributed by atoms with Gasteiger partial charge in [0.05, 0.1) is 12.5 Å². The van der Waals surface area contributed by atoms with E-state index >= 15 is 0 Å². The molecule has 0 aromatic heterocycles. The molecule has 1 aromatic rings. The van der Waals surface area contributed by atoms with E-state index in [9.17, 15) is 18.0 Å². The van der Waals surface area contributed by atoms with Gasteiger partial charge in [0.2, 0.25) is 0 Å². The van der Waals surface area contributed by atoms with Gasteiger partial charge in [-0.25, -0.2) is 0 Å². The fraction of sp³-hybridized carbons (Fsp3) is 0.500. The van der Waals surface area contributed by atoms with Crippen LogP contribution in [0.5, 0.6) is 0 Å². The first-order valence-electron chi connectivity index (χ1n) is 6.26. The van der Waals surface area contributed by atoms with Crippen LogP contribution in [0, 0.1) is 0 Å². The summed E-state index contributed by atoms with van der Waals surface area (Å²) in [6.07, 6.45) is -5.04. The number of benzene rings is 1. The third-order valence-electron chi connectivity index (χ3n) is 2.87. The van der Waals surface area contributed by atoms with Crippen molar-refractivity contribution in [1.82, 2.24) is 0 Å². The molecule has 0 aliphatic rings. The van der Waals surface area contributed by atoms with Gasteiger partial charge in [-0.15, -0.1) is 0 Å². The maximum atomic E-state index is 11.9. The standard InChI is InChI=1S/C14H17F3O3/c1-10(13(18)19)12-5-3-11(4-6-12)9-20-8-2-7-14(15,16)17/h3-6,10H,2,7-9H2,1H3,(H,18,19). The maximum Gasteiger partial charge on any atom is 0.389 e. The van der Waals surface area contributed by atoms with E-state index in [0.29, 0.717) is 5.56 Å². The van der Waals surface area contributed by atoms with Crippen LogP contribution in [0.15, 0.2) is 24.3 Å². The number of hydrogen-bond acceptors (Lipinski definition) is 2. The summed E-state index contributed by atoms with van der Waals surface area (Å²) in [6, 6.07) is 6.82. The molecule has 20 heavy (non-hydrogen) atoms. The molecular weight excluding hydrogens is 273 g/mol. The number of carbonyl (C=O) groups is 1. The summed E-state index contributed by atoms with van der Waals surface area (Å²) >= 11 is 0. The quantitative estimate of drug-likeness (QED) is 0.778. The molecule has 1 atom stereocenters. The molecule has 112 valence electrons. The minimum Gasteiger partial charge on any atom is -0.481 e. The molecule has 1 rings (SSSR count). The molecule has 0 bridgehead atoms. The molecule has 1 aromatic carbocycles. The van der Waals surface area contributed by atoms with E-state index in [2.05, 4.69) is 0 Å². The van der Waals surface area contributed by atoms with Crippen LogP contribution in [0.3, 0.4) is 0 Å². The van der Waals surface area contributed by atoms with Gasteiger partial charge in [-0.3, -0.25) is 4.79 Å². The van der Waals surface area contributed by atoms with Crippen molar-refractivity contribution in [1.29, 1.82) is 0 Å². The molecule has 3 nitrogen and oxygen atoms in total. The Kier molecular flexibility index (Phi) is 6.01. The zero-order valence-electron chi connectivity index (χ0n) is 11.1. The van der Waals surface area contributed by atoms with Crippen molar-refractivity contribution in [2.45, 2.75) is 38.5 Å². The molecular formula is C14H17F3O3. The second kappa shape index (κ2) is 7.28. The number of aliphatic carboxylic acids is 1. The zero-order chi connectivity index (χ0) is 15.2. The first-order valence-corrected chi connectivity index (χ1v) is 6.26. The Labute approximate surface area is 115 Å². The van der Waals surface area contributed by atoms with E-state index in [4.69, 9.17) is 9.84 Å². The Morgan fingerprint density at radius 2 is 1.90 bits per heavy atom. The summed E-state index contributed by atoms with van der Waals surface area (Å²) < 4.78 is 40.8. The third kappa shape index (κ3) is 6.06. The first-order chi connectivity index (χ1) is 9.29. The van der Waals surface area contributed by atoms with Crippen molar-refractivity contribution < 1.29 is 27.8 Å². The van der Waals surface area contributed by atoms with Crippen LogP contribution in [0.2, 0.25) is 0 Å². The molecule has 1 unspecified atom stereocenters. The van der Waals surface area contributed by atoms with E-state index < -0.39 is 24.5 Å². The number of ether oxygens (including phenoxy) is 1. The normalized spacial score (nSPS) is 13.2. The van der Waals surface area contributed by atoms with Crippen molar-refractivity contribution in [3.05, 3.63) is 35.4 Å². The molecule has 0 amide bonds. The van der Waals surface area contributed by atoms with Gasteiger partial charge in [0, 0.05) is 13.0 Å². The Morgan fingerprint density at radius 3 is 2.40 bits per heavy atom. The number of halogens is 3. The molecule has 0 fully saturated rings. The Bertz CT molecular complexity index is 426. The van der Waals surface area contributed by atoms with Crippen LogP contribution >= 0.6 is 0 Å².